The molecule has 0 spiro atoms. The first-order valence-corrected chi connectivity index (χ1v) is 7.38. The second-order valence-corrected chi connectivity index (χ2v) is 5.45. The van der Waals surface area contributed by atoms with E-state index in [0.29, 0.717) is 6.04 Å². The van der Waals surface area contributed by atoms with E-state index in [-0.39, 0.29) is 0 Å². The van der Waals surface area contributed by atoms with Crippen LogP contribution in [0.15, 0.2) is 0 Å². The van der Waals surface area contributed by atoms with E-state index in [2.05, 4.69) is 31.1 Å². The highest BCUT2D eigenvalue weighted by Crippen LogP contribution is 2.34. The highest BCUT2D eigenvalue weighted by atomic mass is 14.9. The maximum atomic E-state index is 3.46. The largest absolute Gasteiger partial charge is 0.316 e. The van der Waals surface area contributed by atoms with Gasteiger partial charge in [0.05, 0.1) is 0 Å². The van der Waals surface area contributed by atoms with Gasteiger partial charge in [-0.15, -0.1) is 11.8 Å². The SMILES string of the molecule is CC#CCC(NC)C1CCC(CCCC)CC1. The zero-order valence-electron chi connectivity index (χ0n) is 11.9. The summed E-state index contributed by atoms with van der Waals surface area (Å²) in [5.41, 5.74) is 0. The smallest absolute Gasteiger partial charge is 0.0245 e. The van der Waals surface area contributed by atoms with Gasteiger partial charge in [-0.3, -0.25) is 0 Å². The molecule has 1 rings (SSSR count). The Morgan fingerprint density at radius 1 is 1.24 bits per heavy atom. The predicted octanol–water partition coefficient (Wildman–Crippen LogP) is 3.98. The van der Waals surface area contributed by atoms with E-state index in [0.717, 1.165) is 18.3 Å². The molecule has 0 amide bonds. The molecule has 1 atom stereocenters. The molecule has 0 aromatic rings. The summed E-state index contributed by atoms with van der Waals surface area (Å²) in [5.74, 6) is 8.12. The number of unbranched alkanes of at least 4 members (excludes halogenated alkanes) is 1. The third kappa shape index (κ3) is 5.13. The van der Waals surface area contributed by atoms with Crippen molar-refractivity contribution >= 4 is 0 Å². The van der Waals surface area contributed by atoms with Crippen LogP contribution in [0.1, 0.15) is 65.2 Å². The van der Waals surface area contributed by atoms with Crippen molar-refractivity contribution in [1.29, 1.82) is 0 Å². The van der Waals surface area contributed by atoms with Crippen molar-refractivity contribution in [2.75, 3.05) is 7.05 Å². The molecule has 17 heavy (non-hydrogen) atoms. The number of hydrogen-bond donors (Lipinski definition) is 1. The van der Waals surface area contributed by atoms with E-state index in [1.165, 1.54) is 44.9 Å². The molecule has 0 bridgehead atoms. The summed E-state index contributed by atoms with van der Waals surface area (Å²) in [7, 11) is 2.09. The molecule has 1 nitrogen and oxygen atoms in total. The fourth-order valence-corrected chi connectivity index (χ4v) is 3.09. The summed E-state index contributed by atoms with van der Waals surface area (Å²) in [4.78, 5) is 0. The minimum Gasteiger partial charge on any atom is -0.316 e. The normalized spacial score (nSPS) is 26.1. The molecular weight excluding hydrogens is 206 g/mol. The summed E-state index contributed by atoms with van der Waals surface area (Å²) < 4.78 is 0. The van der Waals surface area contributed by atoms with Crippen LogP contribution < -0.4 is 5.32 Å². The lowest BCUT2D eigenvalue weighted by atomic mass is 9.76. The molecule has 0 radical (unpaired) electrons. The van der Waals surface area contributed by atoms with Crippen molar-refractivity contribution in [3.8, 4) is 11.8 Å². The molecule has 1 aliphatic rings. The van der Waals surface area contributed by atoms with Gasteiger partial charge in [-0.2, -0.15) is 0 Å². The Morgan fingerprint density at radius 3 is 2.47 bits per heavy atom. The molecule has 0 heterocycles. The monoisotopic (exact) mass is 235 g/mol. The van der Waals surface area contributed by atoms with Crippen molar-refractivity contribution in [2.24, 2.45) is 11.8 Å². The number of rotatable bonds is 6. The van der Waals surface area contributed by atoms with Crippen LogP contribution in [-0.2, 0) is 0 Å². The van der Waals surface area contributed by atoms with Crippen molar-refractivity contribution in [3.63, 3.8) is 0 Å². The van der Waals surface area contributed by atoms with Crippen LogP contribution in [0, 0.1) is 23.7 Å². The van der Waals surface area contributed by atoms with Crippen LogP contribution in [0.25, 0.3) is 0 Å². The summed E-state index contributed by atoms with van der Waals surface area (Å²) in [6, 6.07) is 0.620. The predicted molar refractivity (Wildman–Crippen MR) is 75.9 cm³/mol. The average molecular weight is 235 g/mol. The van der Waals surface area contributed by atoms with Gasteiger partial charge in [0, 0.05) is 12.5 Å². The molecule has 0 saturated heterocycles. The summed E-state index contributed by atoms with van der Waals surface area (Å²) in [5, 5.41) is 3.46. The van der Waals surface area contributed by atoms with Gasteiger partial charge >= 0.3 is 0 Å². The Hall–Kier alpha value is -0.480. The van der Waals surface area contributed by atoms with Gasteiger partial charge in [0.25, 0.3) is 0 Å². The van der Waals surface area contributed by atoms with Crippen LogP contribution >= 0.6 is 0 Å². The maximum absolute atomic E-state index is 3.46. The number of hydrogen-bond acceptors (Lipinski definition) is 1. The molecule has 1 aliphatic carbocycles. The van der Waals surface area contributed by atoms with Crippen molar-refractivity contribution < 1.29 is 0 Å². The van der Waals surface area contributed by atoms with Crippen molar-refractivity contribution in [2.45, 2.75) is 71.3 Å². The Labute approximate surface area is 108 Å². The molecule has 0 aromatic heterocycles. The van der Waals surface area contributed by atoms with E-state index in [4.69, 9.17) is 0 Å². The zero-order valence-corrected chi connectivity index (χ0v) is 11.9. The quantitative estimate of drug-likeness (QED) is 0.687. The van der Waals surface area contributed by atoms with E-state index >= 15 is 0 Å². The van der Waals surface area contributed by atoms with Crippen LogP contribution in [0.3, 0.4) is 0 Å². The summed E-state index contributed by atoms with van der Waals surface area (Å²) in [6.45, 7) is 4.24. The van der Waals surface area contributed by atoms with Gasteiger partial charge in [-0.25, -0.2) is 0 Å². The molecule has 98 valence electrons. The van der Waals surface area contributed by atoms with Gasteiger partial charge in [0.1, 0.15) is 0 Å². The van der Waals surface area contributed by atoms with E-state index < -0.39 is 0 Å². The lowest BCUT2D eigenvalue weighted by Gasteiger charge is -2.33. The van der Waals surface area contributed by atoms with Crippen molar-refractivity contribution in [3.05, 3.63) is 0 Å². The Balaban J connectivity index is 2.30. The van der Waals surface area contributed by atoms with Gasteiger partial charge in [0.2, 0.25) is 0 Å². The first-order chi connectivity index (χ1) is 8.31. The fraction of sp³-hybridized carbons (Fsp3) is 0.875. The van der Waals surface area contributed by atoms with Crippen molar-refractivity contribution in [1.82, 2.24) is 5.32 Å². The second-order valence-electron chi connectivity index (χ2n) is 5.45. The highest BCUT2D eigenvalue weighted by molar-refractivity contribution is 4.99. The zero-order chi connectivity index (χ0) is 12.5. The van der Waals surface area contributed by atoms with E-state index in [1.807, 2.05) is 6.92 Å². The molecule has 1 saturated carbocycles. The lowest BCUT2D eigenvalue weighted by Crippen LogP contribution is -2.35. The third-order valence-corrected chi connectivity index (χ3v) is 4.30. The minimum atomic E-state index is 0.620. The standard InChI is InChI=1S/C16H29N/c1-4-6-8-14-10-12-15(13-11-14)16(17-3)9-7-5-2/h14-17H,4,6,8-13H2,1-3H3. The van der Waals surface area contributed by atoms with Gasteiger partial charge in [0.15, 0.2) is 0 Å². The molecule has 1 heteroatoms. The molecule has 1 N–H and O–H groups in total. The second kappa shape index (κ2) is 8.59. The lowest BCUT2D eigenvalue weighted by molar-refractivity contribution is 0.218. The third-order valence-electron chi connectivity index (χ3n) is 4.30. The minimum absolute atomic E-state index is 0.620. The van der Waals surface area contributed by atoms with E-state index in [1.54, 1.807) is 0 Å². The van der Waals surface area contributed by atoms with Crippen LogP contribution in [0.5, 0.6) is 0 Å². The Kier molecular flexibility index (Phi) is 7.37. The van der Waals surface area contributed by atoms with Gasteiger partial charge < -0.3 is 5.32 Å². The Morgan fingerprint density at radius 2 is 1.94 bits per heavy atom. The van der Waals surface area contributed by atoms with Gasteiger partial charge in [-0.05, 0) is 38.6 Å². The highest BCUT2D eigenvalue weighted by Gasteiger charge is 2.25. The molecule has 1 fully saturated rings. The molecule has 1 unspecified atom stereocenters. The average Bonchev–Trinajstić information content (AvgIpc) is 2.38. The van der Waals surface area contributed by atoms with E-state index in [9.17, 15) is 0 Å². The molecular formula is C16H29N. The molecule has 0 aromatic carbocycles. The van der Waals surface area contributed by atoms with Crippen LogP contribution in [0.4, 0.5) is 0 Å². The Bertz CT molecular complexity index is 240. The summed E-state index contributed by atoms with van der Waals surface area (Å²) in [6.07, 6.45) is 11.0. The number of nitrogens with one attached hydrogen (secondary N) is 1. The van der Waals surface area contributed by atoms with Crippen LogP contribution in [0.2, 0.25) is 0 Å². The molecule has 0 aliphatic heterocycles. The topological polar surface area (TPSA) is 12.0 Å². The van der Waals surface area contributed by atoms with Gasteiger partial charge in [-0.1, -0.05) is 39.0 Å². The van der Waals surface area contributed by atoms with Crippen LogP contribution in [-0.4, -0.2) is 13.1 Å². The maximum Gasteiger partial charge on any atom is 0.0245 e. The first kappa shape index (κ1) is 14.6. The summed E-state index contributed by atoms with van der Waals surface area (Å²) >= 11 is 0. The fourth-order valence-electron chi connectivity index (χ4n) is 3.09. The first-order valence-electron chi connectivity index (χ1n) is 7.38.